The summed E-state index contributed by atoms with van der Waals surface area (Å²) in [4.78, 5) is 11.8. The predicted octanol–water partition coefficient (Wildman–Crippen LogP) is 3.07. The summed E-state index contributed by atoms with van der Waals surface area (Å²) in [5.41, 5.74) is 0.982. The van der Waals surface area contributed by atoms with Gasteiger partial charge in [-0.15, -0.1) is 0 Å². The van der Waals surface area contributed by atoms with Gasteiger partial charge in [-0.1, -0.05) is 11.6 Å². The van der Waals surface area contributed by atoms with Gasteiger partial charge in [-0.2, -0.15) is 0 Å². The molecule has 0 radical (unpaired) electrons. The molecule has 0 saturated carbocycles. The summed E-state index contributed by atoms with van der Waals surface area (Å²) in [6.45, 7) is 7.03. The summed E-state index contributed by atoms with van der Waals surface area (Å²) in [5.74, 6) is -0.836. The zero-order chi connectivity index (χ0) is 14.3. The predicted molar refractivity (Wildman–Crippen MR) is 73.8 cm³/mol. The van der Waals surface area contributed by atoms with Crippen molar-refractivity contribution < 1.29 is 13.9 Å². The van der Waals surface area contributed by atoms with E-state index in [4.69, 9.17) is 4.74 Å². The van der Waals surface area contributed by atoms with Crippen LogP contribution < -0.4 is 5.32 Å². The summed E-state index contributed by atoms with van der Waals surface area (Å²) in [7, 11) is 0. The molecule has 19 heavy (non-hydrogen) atoms. The van der Waals surface area contributed by atoms with E-state index in [-0.39, 0.29) is 17.6 Å². The van der Waals surface area contributed by atoms with E-state index >= 15 is 0 Å². The Morgan fingerprint density at radius 2 is 2.11 bits per heavy atom. The molecule has 0 aromatic heterocycles. The molecule has 1 aromatic rings. The third kappa shape index (κ3) is 5.83. The SMILES string of the molecule is Cc1ccc(F)c(C(=O)NCCCCOC(C)C)c1. The standard InChI is InChI=1S/C15H22FNO2/c1-11(2)19-9-5-4-8-17-15(18)13-10-12(3)6-7-14(13)16/h6-7,10-11H,4-5,8-9H2,1-3H3,(H,17,18). The lowest BCUT2D eigenvalue weighted by Gasteiger charge is -2.08. The Balaban J connectivity index is 2.29. The van der Waals surface area contributed by atoms with Gasteiger partial charge in [0.2, 0.25) is 0 Å². The number of carbonyl (C=O) groups is 1. The number of amides is 1. The molecule has 4 heteroatoms. The molecule has 1 aromatic carbocycles. The number of unbranched alkanes of at least 4 members (excludes halogenated alkanes) is 1. The Labute approximate surface area is 114 Å². The van der Waals surface area contributed by atoms with Crippen LogP contribution in [-0.4, -0.2) is 25.2 Å². The van der Waals surface area contributed by atoms with E-state index in [0.29, 0.717) is 13.2 Å². The average molecular weight is 267 g/mol. The minimum atomic E-state index is -0.480. The summed E-state index contributed by atoms with van der Waals surface area (Å²) in [6, 6.07) is 4.53. The number of hydrogen-bond donors (Lipinski definition) is 1. The van der Waals surface area contributed by atoms with Crippen molar-refractivity contribution in [3.8, 4) is 0 Å². The second-order valence-corrected chi connectivity index (χ2v) is 4.87. The van der Waals surface area contributed by atoms with Crippen molar-refractivity contribution in [2.75, 3.05) is 13.2 Å². The maximum Gasteiger partial charge on any atom is 0.254 e. The lowest BCUT2D eigenvalue weighted by molar-refractivity contribution is 0.0754. The number of nitrogens with one attached hydrogen (secondary N) is 1. The van der Waals surface area contributed by atoms with Crippen LogP contribution in [0.5, 0.6) is 0 Å². The average Bonchev–Trinajstić information content (AvgIpc) is 2.36. The fraction of sp³-hybridized carbons (Fsp3) is 0.533. The minimum absolute atomic E-state index is 0.110. The molecule has 3 nitrogen and oxygen atoms in total. The third-order valence-electron chi connectivity index (χ3n) is 2.67. The highest BCUT2D eigenvalue weighted by Gasteiger charge is 2.10. The number of rotatable bonds is 7. The van der Waals surface area contributed by atoms with Crippen molar-refractivity contribution in [1.29, 1.82) is 0 Å². The molecular formula is C15H22FNO2. The number of hydrogen-bond acceptors (Lipinski definition) is 2. The van der Waals surface area contributed by atoms with Crippen molar-refractivity contribution in [2.45, 2.75) is 39.7 Å². The maximum absolute atomic E-state index is 13.5. The van der Waals surface area contributed by atoms with Crippen LogP contribution in [-0.2, 0) is 4.74 Å². The first-order chi connectivity index (χ1) is 9.00. The molecule has 1 amide bonds. The number of ether oxygens (including phenoxy) is 1. The van der Waals surface area contributed by atoms with Gasteiger partial charge in [0.1, 0.15) is 5.82 Å². The lowest BCUT2D eigenvalue weighted by atomic mass is 10.1. The van der Waals surface area contributed by atoms with E-state index in [9.17, 15) is 9.18 Å². The monoisotopic (exact) mass is 267 g/mol. The summed E-state index contributed by atoms with van der Waals surface area (Å²) in [5, 5.41) is 2.72. The van der Waals surface area contributed by atoms with Crippen molar-refractivity contribution in [1.82, 2.24) is 5.32 Å². The van der Waals surface area contributed by atoms with Crippen molar-refractivity contribution in [2.24, 2.45) is 0 Å². The van der Waals surface area contributed by atoms with Gasteiger partial charge in [0.25, 0.3) is 5.91 Å². The van der Waals surface area contributed by atoms with E-state index in [2.05, 4.69) is 5.32 Å². The lowest BCUT2D eigenvalue weighted by Crippen LogP contribution is -2.25. The molecule has 0 aliphatic rings. The highest BCUT2D eigenvalue weighted by atomic mass is 19.1. The zero-order valence-corrected chi connectivity index (χ0v) is 11.8. The quantitative estimate of drug-likeness (QED) is 0.771. The van der Waals surface area contributed by atoms with Gasteiger partial charge >= 0.3 is 0 Å². The molecule has 106 valence electrons. The number of benzene rings is 1. The molecule has 0 spiro atoms. The minimum Gasteiger partial charge on any atom is -0.379 e. The van der Waals surface area contributed by atoms with E-state index in [1.165, 1.54) is 6.07 Å². The Hall–Kier alpha value is -1.42. The van der Waals surface area contributed by atoms with Gasteiger partial charge < -0.3 is 10.1 Å². The Kier molecular flexibility index (Phi) is 6.50. The topological polar surface area (TPSA) is 38.3 Å². The zero-order valence-electron chi connectivity index (χ0n) is 11.8. The number of halogens is 1. The van der Waals surface area contributed by atoms with Gasteiger partial charge in [0.05, 0.1) is 11.7 Å². The molecule has 1 rings (SSSR count). The molecule has 0 aliphatic heterocycles. The third-order valence-corrected chi connectivity index (χ3v) is 2.67. The molecule has 0 saturated heterocycles. The van der Waals surface area contributed by atoms with Crippen LogP contribution in [0.25, 0.3) is 0 Å². The summed E-state index contributed by atoms with van der Waals surface area (Å²) >= 11 is 0. The smallest absolute Gasteiger partial charge is 0.254 e. The van der Waals surface area contributed by atoms with Gasteiger partial charge in [-0.3, -0.25) is 4.79 Å². The molecular weight excluding hydrogens is 245 g/mol. The molecule has 0 heterocycles. The van der Waals surface area contributed by atoms with Crippen molar-refractivity contribution in [3.05, 3.63) is 35.1 Å². The van der Waals surface area contributed by atoms with E-state index in [1.807, 2.05) is 20.8 Å². The first-order valence-corrected chi connectivity index (χ1v) is 6.66. The van der Waals surface area contributed by atoms with Crippen LogP contribution >= 0.6 is 0 Å². The van der Waals surface area contributed by atoms with Crippen LogP contribution in [0, 0.1) is 12.7 Å². The molecule has 0 bridgehead atoms. The number of aryl methyl sites for hydroxylation is 1. The van der Waals surface area contributed by atoms with E-state index < -0.39 is 5.82 Å². The second-order valence-electron chi connectivity index (χ2n) is 4.87. The summed E-state index contributed by atoms with van der Waals surface area (Å²) < 4.78 is 18.9. The van der Waals surface area contributed by atoms with Gasteiger partial charge in [-0.05, 0) is 45.7 Å². The van der Waals surface area contributed by atoms with Crippen LogP contribution in [0.15, 0.2) is 18.2 Å². The molecule has 0 aliphatic carbocycles. The Morgan fingerprint density at radius 3 is 2.79 bits per heavy atom. The Bertz CT molecular complexity index is 419. The van der Waals surface area contributed by atoms with Gasteiger partial charge in [0, 0.05) is 13.2 Å². The van der Waals surface area contributed by atoms with Gasteiger partial charge in [-0.25, -0.2) is 4.39 Å². The van der Waals surface area contributed by atoms with Crippen molar-refractivity contribution in [3.63, 3.8) is 0 Å². The van der Waals surface area contributed by atoms with Gasteiger partial charge in [0.15, 0.2) is 0 Å². The first kappa shape index (κ1) is 15.6. The Morgan fingerprint density at radius 1 is 1.37 bits per heavy atom. The van der Waals surface area contributed by atoms with Crippen molar-refractivity contribution >= 4 is 5.91 Å². The van der Waals surface area contributed by atoms with Crippen LogP contribution in [0.4, 0.5) is 4.39 Å². The maximum atomic E-state index is 13.5. The first-order valence-electron chi connectivity index (χ1n) is 6.66. The highest BCUT2D eigenvalue weighted by Crippen LogP contribution is 2.09. The fourth-order valence-corrected chi connectivity index (χ4v) is 1.66. The van der Waals surface area contributed by atoms with E-state index in [0.717, 1.165) is 18.4 Å². The largest absolute Gasteiger partial charge is 0.379 e. The molecule has 0 atom stereocenters. The number of carbonyl (C=O) groups excluding carboxylic acids is 1. The molecule has 1 N–H and O–H groups in total. The van der Waals surface area contributed by atoms with Crippen LogP contribution in [0.3, 0.4) is 0 Å². The molecule has 0 unspecified atom stereocenters. The van der Waals surface area contributed by atoms with Crippen LogP contribution in [0.1, 0.15) is 42.6 Å². The molecule has 0 fully saturated rings. The second kappa shape index (κ2) is 7.89. The fourth-order valence-electron chi connectivity index (χ4n) is 1.66. The van der Waals surface area contributed by atoms with Crippen LogP contribution in [0.2, 0.25) is 0 Å². The normalized spacial score (nSPS) is 10.8. The highest BCUT2D eigenvalue weighted by molar-refractivity contribution is 5.94. The van der Waals surface area contributed by atoms with E-state index in [1.54, 1.807) is 12.1 Å². The summed E-state index contributed by atoms with van der Waals surface area (Å²) in [6.07, 6.45) is 1.94.